The SMILES string of the molecule is Nc1cnc(F)cc1CO. The highest BCUT2D eigenvalue weighted by Gasteiger charge is 1.98. The van der Waals surface area contributed by atoms with Crippen LogP contribution >= 0.6 is 0 Å². The number of pyridine rings is 1. The van der Waals surface area contributed by atoms with E-state index in [-0.39, 0.29) is 6.61 Å². The van der Waals surface area contributed by atoms with Gasteiger partial charge in [-0.3, -0.25) is 0 Å². The quantitative estimate of drug-likeness (QED) is 0.554. The molecule has 0 amide bonds. The molecule has 0 aliphatic carbocycles. The number of nitrogen functional groups attached to an aromatic ring is 1. The van der Waals surface area contributed by atoms with Crippen molar-refractivity contribution >= 4 is 5.69 Å². The van der Waals surface area contributed by atoms with Crippen LogP contribution in [-0.4, -0.2) is 10.1 Å². The molecular weight excluding hydrogens is 135 g/mol. The van der Waals surface area contributed by atoms with Gasteiger partial charge in [-0.1, -0.05) is 0 Å². The van der Waals surface area contributed by atoms with E-state index in [0.717, 1.165) is 6.07 Å². The lowest BCUT2D eigenvalue weighted by molar-refractivity contribution is 0.281. The predicted octanol–water partition coefficient (Wildman–Crippen LogP) is 0.295. The maximum Gasteiger partial charge on any atom is 0.213 e. The Morgan fingerprint density at radius 1 is 1.70 bits per heavy atom. The normalized spacial score (nSPS) is 9.80. The summed E-state index contributed by atoms with van der Waals surface area (Å²) in [6, 6.07) is 1.11. The molecule has 1 heterocycles. The first kappa shape index (κ1) is 6.95. The first-order valence-electron chi connectivity index (χ1n) is 2.75. The van der Waals surface area contributed by atoms with E-state index in [1.165, 1.54) is 6.20 Å². The molecule has 0 unspecified atom stereocenters. The van der Waals surface area contributed by atoms with Gasteiger partial charge in [0.25, 0.3) is 0 Å². The standard InChI is InChI=1S/C6H7FN2O/c7-6-1-4(3-10)5(8)2-9-6/h1-2,10H,3,8H2. The highest BCUT2D eigenvalue weighted by Crippen LogP contribution is 2.09. The number of aromatic nitrogens is 1. The smallest absolute Gasteiger partial charge is 0.213 e. The zero-order valence-electron chi connectivity index (χ0n) is 5.21. The van der Waals surface area contributed by atoms with E-state index in [2.05, 4.69) is 4.98 Å². The van der Waals surface area contributed by atoms with Crippen molar-refractivity contribution in [2.45, 2.75) is 6.61 Å². The highest BCUT2D eigenvalue weighted by atomic mass is 19.1. The molecule has 1 rings (SSSR count). The van der Waals surface area contributed by atoms with Crippen molar-refractivity contribution in [3.05, 3.63) is 23.8 Å². The van der Waals surface area contributed by atoms with Gasteiger partial charge in [-0.05, 0) is 0 Å². The molecule has 54 valence electrons. The minimum Gasteiger partial charge on any atom is -0.397 e. The van der Waals surface area contributed by atoms with Crippen LogP contribution in [0.3, 0.4) is 0 Å². The fourth-order valence-electron chi connectivity index (χ4n) is 0.615. The van der Waals surface area contributed by atoms with Gasteiger partial charge in [0, 0.05) is 11.6 Å². The minimum absolute atomic E-state index is 0.259. The fraction of sp³-hybridized carbons (Fsp3) is 0.167. The zero-order chi connectivity index (χ0) is 7.56. The van der Waals surface area contributed by atoms with E-state index in [9.17, 15) is 4.39 Å². The Kier molecular flexibility index (Phi) is 1.82. The molecule has 0 radical (unpaired) electrons. The molecule has 0 atom stereocenters. The fourth-order valence-corrected chi connectivity index (χ4v) is 0.615. The predicted molar refractivity (Wildman–Crippen MR) is 34.5 cm³/mol. The topological polar surface area (TPSA) is 59.1 Å². The lowest BCUT2D eigenvalue weighted by Gasteiger charge is -1.98. The molecule has 0 fully saturated rings. The van der Waals surface area contributed by atoms with Crippen LogP contribution in [0.15, 0.2) is 12.3 Å². The van der Waals surface area contributed by atoms with Gasteiger partial charge in [0.15, 0.2) is 0 Å². The summed E-state index contributed by atoms with van der Waals surface area (Å²) in [5.74, 6) is -0.627. The van der Waals surface area contributed by atoms with Crippen molar-refractivity contribution in [2.75, 3.05) is 5.73 Å². The number of nitrogens with zero attached hydrogens (tertiary/aromatic N) is 1. The molecule has 3 N–H and O–H groups in total. The van der Waals surface area contributed by atoms with E-state index in [0.29, 0.717) is 11.3 Å². The third kappa shape index (κ3) is 1.22. The summed E-state index contributed by atoms with van der Waals surface area (Å²) in [6.07, 6.45) is 1.18. The molecule has 1 aromatic heterocycles. The Morgan fingerprint density at radius 2 is 2.40 bits per heavy atom. The van der Waals surface area contributed by atoms with Gasteiger partial charge < -0.3 is 10.8 Å². The maximum atomic E-state index is 12.3. The van der Waals surface area contributed by atoms with Gasteiger partial charge in [-0.15, -0.1) is 0 Å². The molecule has 1 aromatic rings. The van der Waals surface area contributed by atoms with Crippen molar-refractivity contribution in [3.8, 4) is 0 Å². The molecule has 0 aliphatic rings. The molecule has 10 heavy (non-hydrogen) atoms. The van der Waals surface area contributed by atoms with Crippen molar-refractivity contribution in [1.82, 2.24) is 4.98 Å². The average molecular weight is 142 g/mol. The molecule has 0 aliphatic heterocycles. The number of hydrogen-bond acceptors (Lipinski definition) is 3. The van der Waals surface area contributed by atoms with E-state index in [1.54, 1.807) is 0 Å². The monoisotopic (exact) mass is 142 g/mol. The van der Waals surface area contributed by atoms with Crippen LogP contribution in [0, 0.1) is 5.95 Å². The Hall–Kier alpha value is -1.16. The number of halogens is 1. The molecule has 0 saturated carbocycles. The largest absolute Gasteiger partial charge is 0.397 e. The van der Waals surface area contributed by atoms with Gasteiger partial charge in [0.2, 0.25) is 5.95 Å². The number of rotatable bonds is 1. The summed E-state index contributed by atoms with van der Waals surface area (Å²) < 4.78 is 12.3. The van der Waals surface area contributed by atoms with Crippen LogP contribution in [0.2, 0.25) is 0 Å². The van der Waals surface area contributed by atoms with Gasteiger partial charge in [-0.25, -0.2) is 4.98 Å². The Bertz CT molecular complexity index is 239. The second-order valence-corrected chi connectivity index (χ2v) is 1.86. The Balaban J connectivity index is 3.09. The molecule has 3 nitrogen and oxygen atoms in total. The molecule has 0 aromatic carbocycles. The van der Waals surface area contributed by atoms with Gasteiger partial charge in [0.1, 0.15) is 0 Å². The maximum absolute atomic E-state index is 12.3. The first-order chi connectivity index (χ1) is 4.74. The van der Waals surface area contributed by atoms with Gasteiger partial charge >= 0.3 is 0 Å². The number of aliphatic hydroxyl groups excluding tert-OH is 1. The summed E-state index contributed by atoms with van der Waals surface area (Å²) in [5.41, 5.74) is 5.99. The van der Waals surface area contributed by atoms with E-state index in [4.69, 9.17) is 10.8 Å². The zero-order valence-corrected chi connectivity index (χ0v) is 5.21. The van der Waals surface area contributed by atoms with Crippen molar-refractivity contribution in [3.63, 3.8) is 0 Å². The van der Waals surface area contributed by atoms with Crippen LogP contribution < -0.4 is 5.73 Å². The van der Waals surface area contributed by atoms with Crippen LogP contribution in [0.5, 0.6) is 0 Å². The Morgan fingerprint density at radius 3 is 2.90 bits per heavy atom. The van der Waals surface area contributed by atoms with E-state index < -0.39 is 5.95 Å². The molecule has 4 heteroatoms. The third-order valence-corrected chi connectivity index (χ3v) is 1.16. The Labute approximate surface area is 57.3 Å². The van der Waals surface area contributed by atoms with E-state index in [1.807, 2.05) is 0 Å². The van der Waals surface area contributed by atoms with Crippen LogP contribution in [0.1, 0.15) is 5.56 Å². The molecular formula is C6H7FN2O. The first-order valence-corrected chi connectivity index (χ1v) is 2.75. The second kappa shape index (κ2) is 2.62. The third-order valence-electron chi connectivity index (χ3n) is 1.16. The van der Waals surface area contributed by atoms with Crippen molar-refractivity contribution < 1.29 is 9.50 Å². The molecule has 0 bridgehead atoms. The van der Waals surface area contributed by atoms with Crippen LogP contribution in [0.25, 0.3) is 0 Å². The lowest BCUT2D eigenvalue weighted by Crippen LogP contribution is -1.96. The summed E-state index contributed by atoms with van der Waals surface area (Å²) in [5, 5.41) is 8.57. The van der Waals surface area contributed by atoms with Gasteiger partial charge in [-0.2, -0.15) is 4.39 Å². The molecule has 0 saturated heterocycles. The second-order valence-electron chi connectivity index (χ2n) is 1.86. The van der Waals surface area contributed by atoms with Gasteiger partial charge in [0.05, 0.1) is 18.5 Å². The number of aliphatic hydroxyl groups is 1. The van der Waals surface area contributed by atoms with Crippen LogP contribution in [0.4, 0.5) is 10.1 Å². The number of hydrogen-bond donors (Lipinski definition) is 2. The summed E-state index contributed by atoms with van der Waals surface area (Å²) in [6.45, 7) is -0.259. The summed E-state index contributed by atoms with van der Waals surface area (Å²) in [4.78, 5) is 3.28. The summed E-state index contributed by atoms with van der Waals surface area (Å²) >= 11 is 0. The highest BCUT2D eigenvalue weighted by molar-refractivity contribution is 5.43. The molecule has 0 spiro atoms. The number of anilines is 1. The lowest BCUT2D eigenvalue weighted by atomic mass is 10.2. The van der Waals surface area contributed by atoms with Crippen LogP contribution in [-0.2, 0) is 6.61 Å². The minimum atomic E-state index is -0.627. The summed E-state index contributed by atoms with van der Waals surface area (Å²) in [7, 11) is 0. The van der Waals surface area contributed by atoms with E-state index >= 15 is 0 Å². The van der Waals surface area contributed by atoms with Crippen molar-refractivity contribution in [2.24, 2.45) is 0 Å². The van der Waals surface area contributed by atoms with Crippen molar-refractivity contribution in [1.29, 1.82) is 0 Å². The number of nitrogens with two attached hydrogens (primary N) is 1. The average Bonchev–Trinajstić information content (AvgIpc) is 1.94.